The van der Waals surface area contributed by atoms with Gasteiger partial charge < -0.3 is 20.7 Å². The third kappa shape index (κ3) is 6.78. The Morgan fingerprint density at radius 1 is 1.00 bits per heavy atom. The quantitative estimate of drug-likeness (QED) is 0.198. The molecule has 0 aromatic heterocycles. The van der Waals surface area contributed by atoms with Crippen LogP contribution in [0.25, 0.3) is 10.8 Å². The van der Waals surface area contributed by atoms with Crippen LogP contribution in [0.1, 0.15) is 28.8 Å². The van der Waals surface area contributed by atoms with E-state index in [9.17, 15) is 14.0 Å². The molecule has 0 radical (unpaired) electrons. The van der Waals surface area contributed by atoms with Crippen molar-refractivity contribution in [2.24, 2.45) is 0 Å². The molecule has 178 valence electrons. The second-order valence-electron chi connectivity index (χ2n) is 7.81. The molecule has 0 aliphatic heterocycles. The minimum Gasteiger partial charge on any atom is -0.496 e. The van der Waals surface area contributed by atoms with E-state index in [4.69, 9.17) is 10.1 Å². The Balaban J connectivity index is 1.73. The van der Waals surface area contributed by atoms with Gasteiger partial charge in [-0.15, -0.1) is 0 Å². The van der Waals surface area contributed by atoms with Crippen molar-refractivity contribution in [1.29, 1.82) is 5.41 Å². The van der Waals surface area contributed by atoms with Crippen LogP contribution in [0.2, 0.25) is 0 Å². The maximum atomic E-state index is 13.2. The number of fused-ring (bicyclic) bond motifs is 1. The molecule has 0 aliphatic rings. The van der Waals surface area contributed by atoms with Crippen LogP contribution >= 0.6 is 0 Å². The van der Waals surface area contributed by atoms with Gasteiger partial charge in [-0.25, -0.2) is 4.39 Å². The molecular weight excluding hydrogens is 435 g/mol. The average molecular weight is 465 g/mol. The molecule has 8 heteroatoms. The van der Waals surface area contributed by atoms with E-state index in [1.54, 1.807) is 12.1 Å². The number of amides is 2. The van der Waals surface area contributed by atoms with Gasteiger partial charge in [-0.2, -0.15) is 0 Å². The Morgan fingerprint density at radius 2 is 1.68 bits per heavy atom. The summed E-state index contributed by atoms with van der Waals surface area (Å²) in [5.74, 6) is -0.544. The van der Waals surface area contributed by atoms with E-state index < -0.39 is 18.6 Å². The number of halogens is 1. The van der Waals surface area contributed by atoms with E-state index in [2.05, 4.69) is 16.0 Å². The number of amidine groups is 1. The first-order valence-electron chi connectivity index (χ1n) is 11.1. The number of methoxy groups -OCH3 is 1. The van der Waals surface area contributed by atoms with Crippen molar-refractivity contribution in [2.45, 2.75) is 25.4 Å². The topological polar surface area (TPSA) is 103 Å². The molecule has 0 saturated carbocycles. The molecular formula is C26H29FN4O3. The summed E-state index contributed by atoms with van der Waals surface area (Å²) in [7, 11) is 1.50. The van der Waals surface area contributed by atoms with Crippen LogP contribution in [0.5, 0.6) is 5.75 Å². The third-order valence-corrected chi connectivity index (χ3v) is 5.39. The highest BCUT2D eigenvalue weighted by atomic mass is 19.1. The highest BCUT2D eigenvalue weighted by Crippen LogP contribution is 2.26. The monoisotopic (exact) mass is 464 g/mol. The summed E-state index contributed by atoms with van der Waals surface area (Å²) in [5.41, 5.74) is 1.27. The Hall–Kier alpha value is -3.94. The number of carbonyl (C=O) groups excluding carboxylic acids is 2. The van der Waals surface area contributed by atoms with Crippen LogP contribution < -0.4 is 20.7 Å². The van der Waals surface area contributed by atoms with Crippen molar-refractivity contribution in [3.63, 3.8) is 0 Å². The van der Waals surface area contributed by atoms with Gasteiger partial charge in [0.1, 0.15) is 24.3 Å². The molecule has 4 N–H and O–H groups in total. The molecule has 3 aromatic rings. The SMILES string of the molecule is COc1cc2ccccc2cc1C(=O)NC(CCCNC(=N)CF)C(=O)NCc1ccccc1. The molecule has 7 nitrogen and oxygen atoms in total. The van der Waals surface area contributed by atoms with E-state index >= 15 is 0 Å². The fourth-order valence-electron chi connectivity index (χ4n) is 3.57. The van der Waals surface area contributed by atoms with Gasteiger partial charge in [0.05, 0.1) is 12.7 Å². The van der Waals surface area contributed by atoms with Gasteiger partial charge in [-0.05, 0) is 41.3 Å². The number of carbonyl (C=O) groups is 2. The molecule has 0 bridgehead atoms. The molecule has 0 aliphatic carbocycles. The number of rotatable bonds is 11. The lowest BCUT2D eigenvalue weighted by atomic mass is 10.0. The Labute approximate surface area is 198 Å². The second-order valence-corrected chi connectivity index (χ2v) is 7.81. The summed E-state index contributed by atoms with van der Waals surface area (Å²) in [6.45, 7) is -0.226. The fraction of sp³-hybridized carbons (Fsp3) is 0.269. The number of ether oxygens (including phenoxy) is 1. The molecule has 2 amide bonds. The second kappa shape index (κ2) is 12.3. The van der Waals surface area contributed by atoms with Crippen LogP contribution in [0.3, 0.4) is 0 Å². The summed E-state index contributed by atoms with van der Waals surface area (Å²) in [6, 6.07) is 19.8. The molecule has 3 aromatic carbocycles. The minimum absolute atomic E-state index is 0.213. The highest BCUT2D eigenvalue weighted by Gasteiger charge is 2.23. The average Bonchev–Trinajstić information content (AvgIpc) is 2.88. The van der Waals surface area contributed by atoms with Crippen LogP contribution in [0.15, 0.2) is 66.7 Å². The standard InChI is InChI=1S/C26H29FN4O3/c1-34-23-15-20-11-6-5-10-19(20)14-21(23)25(32)31-22(12-7-13-29-24(28)16-27)26(33)30-17-18-8-3-2-4-9-18/h2-6,8-11,14-15,22H,7,12-13,16-17H2,1H3,(H2,28,29)(H,30,33)(H,31,32). The lowest BCUT2D eigenvalue weighted by Gasteiger charge is -2.20. The van der Waals surface area contributed by atoms with Gasteiger partial charge >= 0.3 is 0 Å². The summed E-state index contributed by atoms with van der Waals surface area (Å²) in [4.78, 5) is 26.1. The fourth-order valence-corrected chi connectivity index (χ4v) is 3.57. The zero-order valence-corrected chi connectivity index (χ0v) is 19.1. The molecule has 0 fully saturated rings. The molecule has 0 saturated heterocycles. The van der Waals surface area contributed by atoms with Crippen molar-refractivity contribution in [3.8, 4) is 5.75 Å². The highest BCUT2D eigenvalue weighted by molar-refractivity contribution is 6.03. The van der Waals surface area contributed by atoms with Crippen molar-refractivity contribution in [1.82, 2.24) is 16.0 Å². The van der Waals surface area contributed by atoms with Gasteiger partial charge in [0.15, 0.2) is 0 Å². The summed E-state index contributed by atoms with van der Waals surface area (Å²) in [6.07, 6.45) is 0.774. The predicted octanol–water partition coefficient (Wildman–Crippen LogP) is 3.58. The molecule has 3 rings (SSSR count). The van der Waals surface area contributed by atoms with E-state index in [0.717, 1.165) is 16.3 Å². The molecule has 1 atom stereocenters. The summed E-state index contributed by atoms with van der Waals surface area (Å²) < 4.78 is 17.9. The summed E-state index contributed by atoms with van der Waals surface area (Å²) in [5, 5.41) is 17.5. The van der Waals surface area contributed by atoms with Crippen LogP contribution in [0.4, 0.5) is 4.39 Å². The smallest absolute Gasteiger partial charge is 0.255 e. The first kappa shape index (κ1) is 24.7. The van der Waals surface area contributed by atoms with Gasteiger partial charge in [-0.1, -0.05) is 54.6 Å². The molecule has 34 heavy (non-hydrogen) atoms. The Bertz CT molecular complexity index is 1140. The first-order valence-corrected chi connectivity index (χ1v) is 11.1. The van der Waals surface area contributed by atoms with Crippen LogP contribution in [-0.4, -0.2) is 44.0 Å². The number of alkyl halides is 1. The third-order valence-electron chi connectivity index (χ3n) is 5.39. The zero-order valence-electron chi connectivity index (χ0n) is 19.1. The predicted molar refractivity (Wildman–Crippen MR) is 131 cm³/mol. The molecule has 0 spiro atoms. The van der Waals surface area contributed by atoms with Gasteiger partial charge in [-0.3, -0.25) is 15.0 Å². The lowest BCUT2D eigenvalue weighted by Crippen LogP contribution is -2.47. The first-order chi connectivity index (χ1) is 16.5. The molecule has 0 heterocycles. The van der Waals surface area contributed by atoms with E-state index in [-0.39, 0.29) is 11.7 Å². The van der Waals surface area contributed by atoms with E-state index in [0.29, 0.717) is 37.2 Å². The Morgan fingerprint density at radius 3 is 2.35 bits per heavy atom. The Kier molecular flexibility index (Phi) is 8.96. The maximum absolute atomic E-state index is 13.2. The van der Waals surface area contributed by atoms with Crippen LogP contribution in [-0.2, 0) is 11.3 Å². The van der Waals surface area contributed by atoms with Crippen molar-refractivity contribution < 1.29 is 18.7 Å². The lowest BCUT2D eigenvalue weighted by molar-refractivity contribution is -0.123. The van der Waals surface area contributed by atoms with Crippen LogP contribution in [0, 0.1) is 5.41 Å². The van der Waals surface area contributed by atoms with Gasteiger partial charge in [0.25, 0.3) is 5.91 Å². The van der Waals surface area contributed by atoms with E-state index in [1.165, 1.54) is 7.11 Å². The summed E-state index contributed by atoms with van der Waals surface area (Å²) >= 11 is 0. The number of hydrogen-bond acceptors (Lipinski definition) is 4. The maximum Gasteiger partial charge on any atom is 0.255 e. The number of benzene rings is 3. The normalized spacial score (nSPS) is 11.5. The van der Waals surface area contributed by atoms with Gasteiger partial charge in [0.2, 0.25) is 5.91 Å². The molecule has 1 unspecified atom stereocenters. The largest absolute Gasteiger partial charge is 0.496 e. The van der Waals surface area contributed by atoms with Crippen molar-refractivity contribution in [3.05, 3.63) is 77.9 Å². The van der Waals surface area contributed by atoms with E-state index in [1.807, 2.05) is 54.6 Å². The minimum atomic E-state index is -0.876. The van der Waals surface area contributed by atoms with Crippen molar-refractivity contribution in [2.75, 3.05) is 20.3 Å². The number of nitrogens with one attached hydrogen (secondary N) is 4. The van der Waals surface area contributed by atoms with Crippen molar-refractivity contribution >= 4 is 28.4 Å². The van der Waals surface area contributed by atoms with Gasteiger partial charge in [0, 0.05) is 13.1 Å². The number of hydrogen-bond donors (Lipinski definition) is 4. The zero-order chi connectivity index (χ0) is 24.3.